The molecule has 0 bridgehead atoms. The Morgan fingerprint density at radius 2 is 1.15 bits per heavy atom. The molecule has 0 atom stereocenters. The fourth-order valence-electron chi connectivity index (χ4n) is 5.85. The topological polar surface area (TPSA) is 92.9 Å². The van der Waals surface area contributed by atoms with Gasteiger partial charge in [0, 0.05) is 30.0 Å². The Bertz CT molecular complexity index is 1780. The van der Waals surface area contributed by atoms with Crippen LogP contribution in [0.3, 0.4) is 0 Å². The van der Waals surface area contributed by atoms with Crippen molar-refractivity contribution in [2.45, 2.75) is 73.1 Å². The van der Waals surface area contributed by atoms with Gasteiger partial charge in [-0.05, 0) is 73.1 Å². The smallest absolute Gasteiger partial charge is 0.156 e. The molecule has 0 saturated carbocycles. The molecular formula is C39H49N2O5P. The van der Waals surface area contributed by atoms with Gasteiger partial charge < -0.3 is 24.2 Å². The molecule has 0 spiro atoms. The van der Waals surface area contributed by atoms with Crippen LogP contribution in [0.5, 0.6) is 23.0 Å². The highest BCUT2D eigenvalue weighted by atomic mass is 31.2. The van der Waals surface area contributed by atoms with E-state index < -0.39 is 18.1 Å². The number of phenolic OH excluding ortho intramolecular Hbond substituents is 2. The minimum Gasteiger partial charge on any atom is -0.507 e. The zero-order chi connectivity index (χ0) is 34.9. The van der Waals surface area contributed by atoms with Gasteiger partial charge in [0.25, 0.3) is 0 Å². The van der Waals surface area contributed by atoms with Gasteiger partial charge in [-0.1, -0.05) is 77.4 Å². The van der Waals surface area contributed by atoms with E-state index in [-0.39, 0.29) is 11.5 Å². The third-order valence-electron chi connectivity index (χ3n) is 8.28. The van der Waals surface area contributed by atoms with Crippen molar-refractivity contribution in [2.24, 2.45) is 9.74 Å². The maximum absolute atomic E-state index is 12.1. The Hall–Kier alpha value is -4.06. The number of benzene rings is 4. The van der Waals surface area contributed by atoms with E-state index in [0.29, 0.717) is 38.9 Å². The minimum atomic E-state index is -3.50. The number of phenols is 2. The first-order valence-corrected chi connectivity index (χ1v) is 17.4. The van der Waals surface area contributed by atoms with Gasteiger partial charge in [-0.2, -0.15) is 0 Å². The Balaban J connectivity index is 2.19. The number of ether oxygens (including phenoxy) is 2. The Kier molecular flexibility index (Phi) is 10.3. The van der Waals surface area contributed by atoms with E-state index in [4.69, 9.17) is 23.7 Å². The van der Waals surface area contributed by atoms with Gasteiger partial charge in [0.05, 0.1) is 36.2 Å². The van der Waals surface area contributed by atoms with Crippen LogP contribution in [0, 0.1) is 20.8 Å². The zero-order valence-corrected chi connectivity index (χ0v) is 30.7. The third kappa shape index (κ3) is 7.27. The number of hydrogen-bond acceptors (Lipinski definition) is 7. The number of aromatic hydroxyl groups is 2. The molecule has 0 aromatic heterocycles. The highest BCUT2D eigenvalue weighted by Gasteiger charge is 2.37. The van der Waals surface area contributed by atoms with E-state index in [1.54, 1.807) is 33.5 Å². The molecule has 4 aromatic rings. The van der Waals surface area contributed by atoms with Crippen molar-refractivity contribution in [3.63, 3.8) is 0 Å². The van der Waals surface area contributed by atoms with Crippen molar-refractivity contribution in [2.75, 3.05) is 21.3 Å². The summed E-state index contributed by atoms with van der Waals surface area (Å²) >= 11 is 0. The summed E-state index contributed by atoms with van der Waals surface area (Å²) in [5, 5.41) is 25.0. The van der Waals surface area contributed by atoms with Crippen LogP contribution in [0.2, 0.25) is 0 Å². The van der Waals surface area contributed by atoms with Gasteiger partial charge in [-0.15, -0.1) is 0 Å². The Labute approximate surface area is 280 Å². The molecule has 4 aromatic carbocycles. The molecule has 0 radical (unpaired) electrons. The van der Waals surface area contributed by atoms with Crippen LogP contribution in [0.4, 0.5) is 11.4 Å². The number of methoxy groups -OCH3 is 2. The van der Waals surface area contributed by atoms with E-state index in [1.807, 2.05) is 84.2 Å². The monoisotopic (exact) mass is 656 g/mol. The van der Waals surface area contributed by atoms with Gasteiger partial charge in [0.2, 0.25) is 0 Å². The molecule has 0 heterocycles. The number of hydrogen-bond donors (Lipinski definition) is 2. The summed E-state index contributed by atoms with van der Waals surface area (Å²) < 4.78 is 23.5. The van der Waals surface area contributed by atoms with Crippen molar-refractivity contribution < 1.29 is 24.2 Å². The second kappa shape index (κ2) is 13.6. The zero-order valence-electron chi connectivity index (χ0n) is 29.8. The molecule has 8 heteroatoms. The molecule has 4 rings (SSSR count). The number of rotatable bonds is 8. The predicted molar refractivity (Wildman–Crippen MR) is 196 cm³/mol. The largest absolute Gasteiger partial charge is 0.507 e. The van der Waals surface area contributed by atoms with E-state index >= 15 is 0 Å². The predicted octanol–water partition coefficient (Wildman–Crippen LogP) is 9.43. The van der Waals surface area contributed by atoms with Crippen LogP contribution in [0.25, 0.3) is 0 Å². The molecule has 0 unspecified atom stereocenters. The normalized spacial score (nSPS) is 12.4. The second-order valence-corrected chi connectivity index (χ2v) is 16.7. The van der Waals surface area contributed by atoms with Gasteiger partial charge in [0.1, 0.15) is 23.0 Å². The summed E-state index contributed by atoms with van der Waals surface area (Å²) in [5.74, 6) is 1.15. The first-order valence-electron chi connectivity index (χ1n) is 15.7. The quantitative estimate of drug-likeness (QED) is 0.146. The lowest BCUT2D eigenvalue weighted by atomic mass is 9.86. The standard InChI is InChI=1S/C39H49N2O5P/c1-24-17-25(2)35(26(3)18-24)40-23-27-15-13-14-16-32(27)41-47(46-12,33-21-28(44-10)19-30(36(33)42)38(4,5)6)34-22-29(45-11)20-31(37(34)43)39(7,8)9/h13-23,42-43H,1-12H3. The van der Waals surface area contributed by atoms with Crippen molar-refractivity contribution in [3.8, 4) is 23.0 Å². The van der Waals surface area contributed by atoms with E-state index in [2.05, 4.69) is 32.9 Å². The van der Waals surface area contributed by atoms with Crippen molar-refractivity contribution in [3.05, 3.63) is 94.0 Å². The summed E-state index contributed by atoms with van der Waals surface area (Å²) in [5.41, 5.74) is 6.04. The lowest BCUT2D eigenvalue weighted by molar-refractivity contribution is 0.405. The van der Waals surface area contributed by atoms with Gasteiger partial charge >= 0.3 is 0 Å². The van der Waals surface area contributed by atoms with Crippen LogP contribution in [0.15, 0.2) is 70.4 Å². The summed E-state index contributed by atoms with van der Waals surface area (Å²) in [4.78, 5) is 4.91. The van der Waals surface area contributed by atoms with E-state index in [0.717, 1.165) is 22.4 Å². The van der Waals surface area contributed by atoms with Crippen LogP contribution >= 0.6 is 7.28 Å². The highest BCUT2D eigenvalue weighted by molar-refractivity contribution is 7.77. The maximum Gasteiger partial charge on any atom is 0.156 e. The SMILES string of the molecule is COc1cc(C(C)(C)C)c(O)c(P(=Nc2ccccc2C=Nc2c(C)cc(C)cc2C)(OC)c2cc(OC)cc(C(C)(C)C)c2O)c1. The average Bonchev–Trinajstić information content (AvgIpc) is 2.99. The number of nitrogens with zero attached hydrogens (tertiary/aromatic N) is 2. The molecule has 0 fully saturated rings. The van der Waals surface area contributed by atoms with Crippen molar-refractivity contribution in [1.82, 2.24) is 0 Å². The van der Waals surface area contributed by atoms with E-state index in [9.17, 15) is 10.2 Å². The van der Waals surface area contributed by atoms with Gasteiger partial charge in [-0.3, -0.25) is 4.99 Å². The molecule has 2 N–H and O–H groups in total. The van der Waals surface area contributed by atoms with Crippen LogP contribution < -0.4 is 20.1 Å². The molecule has 0 aliphatic carbocycles. The molecule has 47 heavy (non-hydrogen) atoms. The molecule has 0 aliphatic heterocycles. The lowest BCUT2D eigenvalue weighted by Crippen LogP contribution is -2.24. The summed E-state index contributed by atoms with van der Waals surface area (Å²) in [6.07, 6.45) is 1.81. The first-order chi connectivity index (χ1) is 22.0. The fraction of sp³-hybridized carbons (Fsp3) is 0.359. The molecule has 250 valence electrons. The molecular weight excluding hydrogens is 607 g/mol. The maximum atomic E-state index is 12.1. The van der Waals surface area contributed by atoms with E-state index in [1.165, 1.54) is 5.56 Å². The van der Waals surface area contributed by atoms with Crippen LogP contribution in [-0.4, -0.2) is 37.8 Å². The fourth-order valence-corrected chi connectivity index (χ4v) is 8.71. The molecule has 0 saturated heterocycles. The average molecular weight is 657 g/mol. The lowest BCUT2D eigenvalue weighted by Gasteiger charge is -2.31. The third-order valence-corrected chi connectivity index (χ3v) is 11.3. The van der Waals surface area contributed by atoms with Gasteiger partial charge in [0.15, 0.2) is 7.28 Å². The van der Waals surface area contributed by atoms with Crippen LogP contribution in [0.1, 0.15) is 74.9 Å². The summed E-state index contributed by atoms with van der Waals surface area (Å²) in [6, 6.07) is 19.1. The Morgan fingerprint density at radius 1 is 0.681 bits per heavy atom. The first kappa shape index (κ1) is 35.8. The summed E-state index contributed by atoms with van der Waals surface area (Å²) in [7, 11) is 1.25. The molecule has 0 aliphatic rings. The number of aryl methyl sites for hydroxylation is 3. The van der Waals surface area contributed by atoms with Crippen LogP contribution in [-0.2, 0) is 15.4 Å². The second-order valence-electron chi connectivity index (χ2n) is 14.0. The van der Waals surface area contributed by atoms with Crippen molar-refractivity contribution in [1.29, 1.82) is 0 Å². The van der Waals surface area contributed by atoms with Gasteiger partial charge in [-0.25, -0.2) is 4.74 Å². The highest BCUT2D eigenvalue weighted by Crippen LogP contribution is 2.57. The molecule has 0 amide bonds. The number of aliphatic imine (C=N–C) groups is 1. The Morgan fingerprint density at radius 3 is 1.57 bits per heavy atom. The van der Waals surface area contributed by atoms with Crippen molar-refractivity contribution >= 4 is 35.5 Å². The summed E-state index contributed by atoms with van der Waals surface area (Å²) in [6.45, 7) is 18.3. The molecule has 7 nitrogen and oxygen atoms in total. The minimum absolute atomic E-state index is 0.0359.